The Kier molecular flexibility index (Phi) is 14.9. The predicted molar refractivity (Wildman–Crippen MR) is 197 cm³/mol. The molecule has 2 unspecified atom stereocenters. The zero-order valence-corrected chi connectivity index (χ0v) is 31.0. The van der Waals surface area contributed by atoms with Gasteiger partial charge in [-0.15, -0.1) is 0 Å². The van der Waals surface area contributed by atoms with Gasteiger partial charge in [0, 0.05) is 59.5 Å². The molecule has 2 saturated heterocycles. The lowest BCUT2D eigenvalue weighted by molar-refractivity contribution is -0.149. The lowest BCUT2D eigenvalue weighted by Gasteiger charge is -2.38. The SMILES string of the molecule is COCC(C1COC(C)(C)O1)N1CCN(C(=O)OCc2ccccc2)CCN(C(=O)OCc2ccccc2)CCN(C(=O)OCc2ccccc2)CC1. The van der Waals surface area contributed by atoms with Crippen LogP contribution in [0.5, 0.6) is 0 Å². The van der Waals surface area contributed by atoms with Crippen LogP contribution >= 0.6 is 0 Å². The van der Waals surface area contributed by atoms with Crippen LogP contribution in [0.25, 0.3) is 0 Å². The van der Waals surface area contributed by atoms with Crippen LogP contribution in [-0.4, -0.2) is 128 Å². The van der Waals surface area contributed by atoms with Gasteiger partial charge in [-0.05, 0) is 30.5 Å². The van der Waals surface area contributed by atoms with Crippen LogP contribution in [0.1, 0.15) is 30.5 Å². The van der Waals surface area contributed by atoms with Gasteiger partial charge in [0.25, 0.3) is 0 Å². The molecule has 286 valence electrons. The number of hydrogen-bond donors (Lipinski definition) is 0. The maximum absolute atomic E-state index is 13.7. The van der Waals surface area contributed by atoms with E-state index in [2.05, 4.69) is 4.90 Å². The zero-order valence-electron chi connectivity index (χ0n) is 31.0. The van der Waals surface area contributed by atoms with Gasteiger partial charge in [0.1, 0.15) is 25.9 Å². The second-order valence-electron chi connectivity index (χ2n) is 13.5. The molecule has 2 aliphatic heterocycles. The van der Waals surface area contributed by atoms with Crippen LogP contribution in [0.4, 0.5) is 14.4 Å². The smallest absolute Gasteiger partial charge is 0.410 e. The van der Waals surface area contributed by atoms with Gasteiger partial charge in [0.05, 0.1) is 19.3 Å². The third-order valence-electron chi connectivity index (χ3n) is 9.25. The summed E-state index contributed by atoms with van der Waals surface area (Å²) in [6.07, 6.45) is -1.87. The Bertz CT molecular complexity index is 1490. The van der Waals surface area contributed by atoms with E-state index in [0.29, 0.717) is 26.3 Å². The summed E-state index contributed by atoms with van der Waals surface area (Å²) < 4.78 is 35.2. The lowest BCUT2D eigenvalue weighted by Crippen LogP contribution is -2.55. The average molecular weight is 733 g/mol. The van der Waals surface area contributed by atoms with Gasteiger partial charge >= 0.3 is 18.3 Å². The molecule has 0 N–H and O–H groups in total. The molecule has 3 amide bonds. The van der Waals surface area contributed by atoms with Crippen LogP contribution in [0.3, 0.4) is 0 Å². The minimum absolute atomic E-state index is 0.0848. The Morgan fingerprint density at radius 1 is 0.623 bits per heavy atom. The number of methoxy groups -OCH3 is 1. The fourth-order valence-electron chi connectivity index (χ4n) is 6.26. The number of amides is 3. The Balaban J connectivity index is 1.37. The highest BCUT2D eigenvalue weighted by Gasteiger charge is 2.40. The average Bonchev–Trinajstić information content (AvgIpc) is 3.54. The van der Waals surface area contributed by atoms with Crippen molar-refractivity contribution in [3.8, 4) is 0 Å². The first-order valence-electron chi connectivity index (χ1n) is 18.1. The number of carbonyl (C=O) groups excluding carboxylic acids is 3. The summed E-state index contributed by atoms with van der Waals surface area (Å²) in [4.78, 5) is 47.8. The van der Waals surface area contributed by atoms with E-state index in [1.807, 2.05) is 105 Å². The number of nitrogens with zero attached hydrogens (tertiary/aromatic N) is 4. The molecule has 13 heteroatoms. The van der Waals surface area contributed by atoms with E-state index >= 15 is 0 Å². The minimum Gasteiger partial charge on any atom is -0.445 e. The van der Waals surface area contributed by atoms with Crippen molar-refractivity contribution >= 4 is 18.3 Å². The fourth-order valence-corrected chi connectivity index (χ4v) is 6.26. The number of benzene rings is 3. The first-order chi connectivity index (χ1) is 25.7. The van der Waals surface area contributed by atoms with Crippen molar-refractivity contribution in [1.82, 2.24) is 19.6 Å². The zero-order chi connectivity index (χ0) is 37.5. The number of rotatable bonds is 10. The summed E-state index contributed by atoms with van der Waals surface area (Å²) >= 11 is 0. The first-order valence-corrected chi connectivity index (χ1v) is 18.1. The van der Waals surface area contributed by atoms with Crippen LogP contribution in [0.15, 0.2) is 91.0 Å². The van der Waals surface area contributed by atoms with Gasteiger partial charge in [0.15, 0.2) is 5.79 Å². The van der Waals surface area contributed by atoms with Gasteiger partial charge in [-0.25, -0.2) is 14.4 Å². The monoisotopic (exact) mass is 732 g/mol. The summed E-state index contributed by atoms with van der Waals surface area (Å²) in [6.45, 7) is 6.74. The van der Waals surface area contributed by atoms with Gasteiger partial charge in [0.2, 0.25) is 0 Å². The molecule has 2 aliphatic rings. The maximum Gasteiger partial charge on any atom is 0.410 e. The van der Waals surface area contributed by atoms with Crippen LogP contribution in [0, 0.1) is 0 Å². The van der Waals surface area contributed by atoms with E-state index in [-0.39, 0.29) is 71.2 Å². The third-order valence-corrected chi connectivity index (χ3v) is 9.25. The minimum atomic E-state index is -0.762. The second-order valence-corrected chi connectivity index (χ2v) is 13.5. The lowest BCUT2D eigenvalue weighted by atomic mass is 10.1. The van der Waals surface area contributed by atoms with Crippen LogP contribution in [-0.2, 0) is 48.2 Å². The molecule has 5 rings (SSSR count). The Hall–Kier alpha value is -4.69. The van der Waals surface area contributed by atoms with Crippen molar-refractivity contribution in [3.05, 3.63) is 108 Å². The predicted octanol–water partition coefficient (Wildman–Crippen LogP) is 5.38. The van der Waals surface area contributed by atoms with Crippen molar-refractivity contribution in [3.63, 3.8) is 0 Å². The summed E-state index contributed by atoms with van der Waals surface area (Å²) in [7, 11) is 1.64. The molecule has 0 aromatic heterocycles. The Morgan fingerprint density at radius 2 is 0.981 bits per heavy atom. The van der Waals surface area contributed by atoms with E-state index in [1.54, 1.807) is 16.9 Å². The normalized spacial score (nSPS) is 19.1. The molecule has 3 aromatic rings. The van der Waals surface area contributed by atoms with Gasteiger partial charge in [-0.2, -0.15) is 0 Å². The van der Waals surface area contributed by atoms with Gasteiger partial charge in [-0.3, -0.25) is 4.90 Å². The molecule has 0 radical (unpaired) electrons. The van der Waals surface area contributed by atoms with Crippen molar-refractivity contribution < 1.29 is 42.8 Å². The number of carbonyl (C=O) groups is 3. The molecule has 13 nitrogen and oxygen atoms in total. The molecular weight excluding hydrogens is 680 g/mol. The number of hydrogen-bond acceptors (Lipinski definition) is 10. The summed E-state index contributed by atoms with van der Waals surface area (Å²) in [5.41, 5.74) is 2.57. The molecule has 0 bridgehead atoms. The Morgan fingerprint density at radius 3 is 1.30 bits per heavy atom. The van der Waals surface area contributed by atoms with Crippen LogP contribution < -0.4 is 0 Å². The molecule has 0 spiro atoms. The third kappa shape index (κ3) is 12.5. The highest BCUT2D eigenvalue weighted by atomic mass is 16.7. The molecule has 2 atom stereocenters. The molecule has 53 heavy (non-hydrogen) atoms. The van der Waals surface area contributed by atoms with Gasteiger partial charge < -0.3 is 43.1 Å². The largest absolute Gasteiger partial charge is 0.445 e. The first kappa shape index (κ1) is 39.5. The topological polar surface area (TPSA) is 120 Å². The number of ether oxygens (including phenoxy) is 6. The maximum atomic E-state index is 13.7. The van der Waals surface area contributed by atoms with Crippen molar-refractivity contribution in [1.29, 1.82) is 0 Å². The molecule has 2 fully saturated rings. The highest BCUT2D eigenvalue weighted by molar-refractivity contribution is 5.70. The summed E-state index contributed by atoms with van der Waals surface area (Å²) in [6, 6.07) is 28.1. The Labute approximate surface area is 312 Å². The highest BCUT2D eigenvalue weighted by Crippen LogP contribution is 2.27. The van der Waals surface area contributed by atoms with E-state index in [1.165, 1.54) is 4.90 Å². The van der Waals surface area contributed by atoms with E-state index in [4.69, 9.17) is 28.4 Å². The van der Waals surface area contributed by atoms with Crippen molar-refractivity contribution in [2.45, 2.75) is 51.6 Å². The molecular formula is C40H52N4O9. The molecule has 0 aliphatic carbocycles. The fraction of sp³-hybridized carbons (Fsp3) is 0.475. The van der Waals surface area contributed by atoms with Crippen molar-refractivity contribution in [2.75, 3.05) is 72.7 Å². The molecule has 0 saturated carbocycles. The van der Waals surface area contributed by atoms with Gasteiger partial charge in [-0.1, -0.05) is 91.0 Å². The van der Waals surface area contributed by atoms with E-state index in [9.17, 15) is 14.4 Å². The van der Waals surface area contributed by atoms with E-state index in [0.717, 1.165) is 16.7 Å². The summed E-state index contributed by atoms with van der Waals surface area (Å²) in [5.74, 6) is -0.762. The standard InChI is InChI=1S/C40H52N4O9/c1-40(2)52-31-36(53-40)35(30-48-3)41-19-21-42(37(45)49-27-32-13-7-4-8-14-32)23-25-44(39(47)51-29-34-17-11-6-12-18-34)26-24-43(22-20-41)38(46)50-28-33-15-9-5-10-16-33/h4-18,35-36H,19-31H2,1-3H3. The molecule has 2 heterocycles. The van der Waals surface area contributed by atoms with Crippen LogP contribution in [0.2, 0.25) is 0 Å². The quantitative estimate of drug-likeness (QED) is 0.251. The van der Waals surface area contributed by atoms with Crippen molar-refractivity contribution in [2.24, 2.45) is 0 Å². The van der Waals surface area contributed by atoms with E-state index < -0.39 is 24.1 Å². The summed E-state index contributed by atoms with van der Waals surface area (Å²) in [5, 5.41) is 0. The molecule has 3 aromatic carbocycles. The second kappa shape index (κ2) is 20.0.